The van der Waals surface area contributed by atoms with Crippen molar-refractivity contribution in [2.24, 2.45) is 0 Å². The lowest BCUT2D eigenvalue weighted by molar-refractivity contribution is 0.0541. The highest BCUT2D eigenvalue weighted by Crippen LogP contribution is 2.32. The molecule has 0 spiro atoms. The van der Waals surface area contributed by atoms with Crippen LogP contribution >= 0.6 is 15.9 Å². The fourth-order valence-corrected chi connectivity index (χ4v) is 2.56. The molecule has 108 valence electrons. The number of benzene rings is 1. The molecule has 20 heavy (non-hydrogen) atoms. The predicted octanol–water partition coefficient (Wildman–Crippen LogP) is 4.50. The van der Waals surface area contributed by atoms with Crippen molar-refractivity contribution in [3.63, 3.8) is 0 Å². The predicted molar refractivity (Wildman–Crippen MR) is 82.6 cm³/mol. The van der Waals surface area contributed by atoms with Gasteiger partial charge in [0.1, 0.15) is 11.4 Å². The highest BCUT2D eigenvalue weighted by molar-refractivity contribution is 9.10. The maximum Gasteiger partial charge on any atom is 0.419 e. The molecule has 0 fully saturated rings. The lowest BCUT2D eigenvalue weighted by atomic mass is 10.2. The average Bonchev–Trinajstić information content (AvgIpc) is 2.59. The molecule has 0 aliphatic heterocycles. The zero-order valence-corrected chi connectivity index (χ0v) is 13.9. The first kappa shape index (κ1) is 14.9. The Morgan fingerprint density at radius 1 is 1.30 bits per heavy atom. The molecular formula is C15H18BrNO3. The SMILES string of the molecule is COc1ccc2c(c1)c(C)c(Br)n2C(=O)OC(C)(C)C. The molecular weight excluding hydrogens is 322 g/mol. The second-order valence-electron chi connectivity index (χ2n) is 5.61. The van der Waals surface area contributed by atoms with Crippen molar-refractivity contribution in [3.8, 4) is 5.75 Å². The van der Waals surface area contributed by atoms with Crippen molar-refractivity contribution in [2.45, 2.75) is 33.3 Å². The summed E-state index contributed by atoms with van der Waals surface area (Å²) in [6, 6.07) is 5.60. The number of hydrogen-bond acceptors (Lipinski definition) is 3. The van der Waals surface area contributed by atoms with Crippen LogP contribution in [0.25, 0.3) is 10.9 Å². The van der Waals surface area contributed by atoms with Crippen LogP contribution in [0, 0.1) is 6.92 Å². The molecule has 1 aromatic carbocycles. The summed E-state index contributed by atoms with van der Waals surface area (Å²) in [6.45, 7) is 7.49. The monoisotopic (exact) mass is 339 g/mol. The number of aromatic nitrogens is 1. The normalized spacial score (nSPS) is 11.7. The molecule has 0 N–H and O–H groups in total. The Balaban J connectivity index is 2.59. The van der Waals surface area contributed by atoms with Gasteiger partial charge in [-0.25, -0.2) is 9.36 Å². The minimum atomic E-state index is -0.534. The van der Waals surface area contributed by atoms with Crippen molar-refractivity contribution in [1.29, 1.82) is 0 Å². The lowest BCUT2D eigenvalue weighted by Gasteiger charge is -2.20. The van der Waals surface area contributed by atoms with Gasteiger partial charge in [-0.05, 0) is 67.4 Å². The Bertz CT molecular complexity index is 668. The maximum absolute atomic E-state index is 12.3. The summed E-state index contributed by atoms with van der Waals surface area (Å²) in [5.41, 5.74) is 1.24. The molecule has 0 saturated carbocycles. The summed E-state index contributed by atoms with van der Waals surface area (Å²) >= 11 is 3.47. The van der Waals surface area contributed by atoms with Gasteiger partial charge in [-0.2, -0.15) is 0 Å². The van der Waals surface area contributed by atoms with E-state index in [4.69, 9.17) is 9.47 Å². The lowest BCUT2D eigenvalue weighted by Crippen LogP contribution is -2.27. The minimum Gasteiger partial charge on any atom is -0.497 e. The van der Waals surface area contributed by atoms with Gasteiger partial charge in [0, 0.05) is 5.39 Å². The Morgan fingerprint density at radius 2 is 1.95 bits per heavy atom. The highest BCUT2D eigenvalue weighted by atomic mass is 79.9. The van der Waals surface area contributed by atoms with Crippen molar-refractivity contribution in [1.82, 2.24) is 4.57 Å². The molecule has 0 aliphatic carbocycles. The Labute approximate surface area is 126 Å². The van der Waals surface area contributed by atoms with E-state index in [0.717, 1.165) is 22.2 Å². The summed E-state index contributed by atoms with van der Waals surface area (Å²) in [5.74, 6) is 0.759. The van der Waals surface area contributed by atoms with Gasteiger partial charge in [0.2, 0.25) is 0 Å². The number of rotatable bonds is 1. The van der Waals surface area contributed by atoms with Gasteiger partial charge in [-0.1, -0.05) is 0 Å². The van der Waals surface area contributed by atoms with Gasteiger partial charge < -0.3 is 9.47 Å². The average molecular weight is 340 g/mol. The third kappa shape index (κ3) is 2.68. The molecule has 0 unspecified atom stereocenters. The van der Waals surface area contributed by atoms with E-state index in [1.807, 2.05) is 45.9 Å². The maximum atomic E-state index is 12.3. The van der Waals surface area contributed by atoms with Gasteiger partial charge in [0.15, 0.2) is 0 Å². The largest absolute Gasteiger partial charge is 0.497 e. The molecule has 4 nitrogen and oxygen atoms in total. The molecule has 0 radical (unpaired) electrons. The van der Waals surface area contributed by atoms with Crippen molar-refractivity contribution < 1.29 is 14.3 Å². The fraction of sp³-hybridized carbons (Fsp3) is 0.400. The quantitative estimate of drug-likeness (QED) is 0.767. The van der Waals surface area contributed by atoms with Crippen molar-refractivity contribution in [3.05, 3.63) is 28.4 Å². The van der Waals surface area contributed by atoms with Gasteiger partial charge in [0.25, 0.3) is 0 Å². The molecule has 2 rings (SSSR count). The number of halogens is 1. The van der Waals surface area contributed by atoms with E-state index in [0.29, 0.717) is 4.60 Å². The van der Waals surface area contributed by atoms with Crippen LogP contribution in [-0.4, -0.2) is 23.4 Å². The second-order valence-corrected chi connectivity index (χ2v) is 6.37. The van der Waals surface area contributed by atoms with Gasteiger partial charge in [-0.3, -0.25) is 0 Å². The third-order valence-electron chi connectivity index (χ3n) is 2.93. The summed E-state index contributed by atoms with van der Waals surface area (Å²) in [6.07, 6.45) is -0.396. The van der Waals surface area contributed by atoms with Crippen LogP contribution in [0.2, 0.25) is 0 Å². The van der Waals surface area contributed by atoms with Gasteiger partial charge in [-0.15, -0.1) is 0 Å². The van der Waals surface area contributed by atoms with Crippen LogP contribution in [0.15, 0.2) is 22.8 Å². The number of carbonyl (C=O) groups excluding carboxylic acids is 1. The summed E-state index contributed by atoms with van der Waals surface area (Å²) in [7, 11) is 1.62. The number of hydrogen-bond donors (Lipinski definition) is 0. The molecule has 1 heterocycles. The number of methoxy groups -OCH3 is 1. The Hall–Kier alpha value is -1.49. The smallest absolute Gasteiger partial charge is 0.419 e. The van der Waals surface area contributed by atoms with Crippen LogP contribution in [0.4, 0.5) is 4.79 Å². The number of fused-ring (bicyclic) bond motifs is 1. The van der Waals surface area contributed by atoms with Crippen LogP contribution in [0.5, 0.6) is 5.75 Å². The molecule has 5 heteroatoms. The zero-order valence-electron chi connectivity index (χ0n) is 12.3. The van der Waals surface area contributed by atoms with Crippen LogP contribution in [-0.2, 0) is 4.74 Å². The first-order valence-electron chi connectivity index (χ1n) is 6.32. The fourth-order valence-electron chi connectivity index (χ4n) is 2.01. The third-order valence-corrected chi connectivity index (χ3v) is 3.88. The van der Waals surface area contributed by atoms with Crippen molar-refractivity contribution in [2.75, 3.05) is 7.11 Å². The first-order chi connectivity index (χ1) is 9.24. The number of ether oxygens (including phenoxy) is 2. The van der Waals surface area contributed by atoms with E-state index >= 15 is 0 Å². The highest BCUT2D eigenvalue weighted by Gasteiger charge is 2.23. The van der Waals surface area contributed by atoms with E-state index in [1.54, 1.807) is 7.11 Å². The van der Waals surface area contributed by atoms with Gasteiger partial charge in [0.05, 0.1) is 17.2 Å². The van der Waals surface area contributed by atoms with E-state index in [-0.39, 0.29) is 0 Å². The molecule has 0 aliphatic rings. The van der Waals surface area contributed by atoms with E-state index in [9.17, 15) is 4.79 Å². The van der Waals surface area contributed by atoms with Crippen LogP contribution < -0.4 is 4.74 Å². The zero-order chi connectivity index (χ0) is 15.1. The molecule has 0 bridgehead atoms. The molecule has 0 saturated heterocycles. The second kappa shape index (κ2) is 5.13. The van der Waals surface area contributed by atoms with E-state index < -0.39 is 11.7 Å². The number of carbonyl (C=O) groups is 1. The number of aryl methyl sites for hydroxylation is 1. The topological polar surface area (TPSA) is 40.5 Å². The van der Waals surface area contributed by atoms with Crippen LogP contribution in [0.1, 0.15) is 26.3 Å². The van der Waals surface area contributed by atoms with Crippen molar-refractivity contribution >= 4 is 32.9 Å². The van der Waals surface area contributed by atoms with E-state index in [1.165, 1.54) is 4.57 Å². The molecule has 0 amide bonds. The summed E-state index contributed by atoms with van der Waals surface area (Å²) in [4.78, 5) is 12.3. The molecule has 0 atom stereocenters. The summed E-state index contributed by atoms with van der Waals surface area (Å²) < 4.78 is 12.9. The Kier molecular flexibility index (Phi) is 3.82. The van der Waals surface area contributed by atoms with Gasteiger partial charge >= 0.3 is 6.09 Å². The molecule has 1 aromatic heterocycles. The first-order valence-corrected chi connectivity index (χ1v) is 7.12. The minimum absolute atomic E-state index is 0.396. The van der Waals surface area contributed by atoms with E-state index in [2.05, 4.69) is 15.9 Å². The standard InChI is InChI=1S/C15H18BrNO3/c1-9-11-8-10(19-5)6-7-12(11)17(13(9)16)14(18)20-15(2,3)4/h6-8H,1-5H3. The summed E-state index contributed by atoms with van der Waals surface area (Å²) in [5, 5.41) is 0.960. The van der Waals surface area contributed by atoms with Crippen LogP contribution in [0.3, 0.4) is 0 Å². The molecule has 2 aromatic rings. The Morgan fingerprint density at radius 3 is 2.50 bits per heavy atom. The number of nitrogens with zero attached hydrogens (tertiary/aromatic N) is 1.